The molecule has 96 valence electrons. The molecule has 0 saturated heterocycles. The summed E-state index contributed by atoms with van der Waals surface area (Å²) in [6.45, 7) is 3.24. The quantitative estimate of drug-likeness (QED) is 0.387. The predicted octanol–water partition coefficient (Wildman–Crippen LogP) is 0.452. The monoisotopic (exact) mass is 264 g/mol. The minimum Gasteiger partial charge on any atom is -0.478 e. The van der Waals surface area contributed by atoms with Crippen LogP contribution in [0.15, 0.2) is 24.3 Å². The summed E-state index contributed by atoms with van der Waals surface area (Å²) in [6, 6.07) is 0. The molecule has 0 bridgehead atoms. The highest BCUT2D eigenvalue weighted by molar-refractivity contribution is 7.51. The highest BCUT2D eigenvalue weighted by Gasteiger charge is 2.21. The van der Waals surface area contributed by atoms with Crippen LogP contribution in [0.3, 0.4) is 0 Å². The number of rotatable bonds is 7. The van der Waals surface area contributed by atoms with Crippen molar-refractivity contribution in [3.63, 3.8) is 0 Å². The van der Waals surface area contributed by atoms with Crippen LogP contribution >= 0.6 is 7.60 Å². The minimum absolute atomic E-state index is 0.181. The molecule has 0 aliphatic rings. The maximum atomic E-state index is 10.6. The third-order valence-corrected chi connectivity index (χ3v) is 2.77. The van der Waals surface area contributed by atoms with Crippen molar-refractivity contribution in [2.45, 2.75) is 6.42 Å². The lowest BCUT2D eigenvalue weighted by atomic mass is 9.97. The molecule has 4 N–H and O–H groups in total. The van der Waals surface area contributed by atoms with E-state index in [9.17, 15) is 14.2 Å². The van der Waals surface area contributed by atoms with Crippen molar-refractivity contribution < 1.29 is 34.2 Å². The Labute approximate surface area is 97.2 Å². The zero-order valence-corrected chi connectivity index (χ0v) is 9.71. The molecule has 8 heteroatoms. The first-order valence-electron chi connectivity index (χ1n) is 4.51. The molecule has 0 heterocycles. The average Bonchev–Trinajstić information content (AvgIpc) is 2.14. The van der Waals surface area contributed by atoms with Gasteiger partial charge in [-0.3, -0.25) is 4.57 Å². The SMILES string of the molecule is C=C(C(=O)O)C(C=CC(=O)O)CCP(=O)(O)O. The Morgan fingerprint density at radius 1 is 1.29 bits per heavy atom. The van der Waals surface area contributed by atoms with Crippen LogP contribution in [0, 0.1) is 5.92 Å². The standard InChI is InChI=1S/C9H13O7P/c1-6(9(12)13)7(2-3-8(10)11)4-5-17(14,15)16/h2-3,7H,1,4-5H2,(H,10,11)(H,12,13)(H2,14,15,16). The molecule has 0 aliphatic carbocycles. The Bertz CT molecular complexity index is 392. The average molecular weight is 264 g/mol. The molecule has 0 saturated carbocycles. The second-order valence-electron chi connectivity index (χ2n) is 3.31. The highest BCUT2D eigenvalue weighted by Crippen LogP contribution is 2.37. The highest BCUT2D eigenvalue weighted by atomic mass is 31.2. The molecule has 0 aromatic heterocycles. The van der Waals surface area contributed by atoms with Crippen molar-refractivity contribution in [2.24, 2.45) is 5.92 Å². The van der Waals surface area contributed by atoms with Crippen LogP contribution < -0.4 is 0 Å². The van der Waals surface area contributed by atoms with Gasteiger partial charge >= 0.3 is 19.5 Å². The van der Waals surface area contributed by atoms with Gasteiger partial charge in [0.15, 0.2) is 0 Å². The molecule has 1 unspecified atom stereocenters. The number of carboxylic acids is 2. The number of hydrogen-bond acceptors (Lipinski definition) is 3. The van der Waals surface area contributed by atoms with E-state index < -0.39 is 31.6 Å². The third-order valence-electron chi connectivity index (χ3n) is 1.92. The van der Waals surface area contributed by atoms with E-state index in [1.54, 1.807) is 0 Å². The van der Waals surface area contributed by atoms with Crippen molar-refractivity contribution >= 4 is 19.5 Å². The molecule has 17 heavy (non-hydrogen) atoms. The van der Waals surface area contributed by atoms with Crippen LogP contribution in [0.25, 0.3) is 0 Å². The van der Waals surface area contributed by atoms with Crippen molar-refractivity contribution in [1.82, 2.24) is 0 Å². The Hall–Kier alpha value is -1.43. The van der Waals surface area contributed by atoms with Crippen LogP contribution in [0.4, 0.5) is 0 Å². The number of carboxylic acid groups (broad SMARTS) is 2. The molecule has 7 nitrogen and oxygen atoms in total. The van der Waals surface area contributed by atoms with E-state index in [1.807, 2.05) is 0 Å². The zero-order chi connectivity index (χ0) is 13.6. The number of hydrogen-bond donors (Lipinski definition) is 4. The first-order valence-corrected chi connectivity index (χ1v) is 6.31. The maximum Gasteiger partial charge on any atom is 0.331 e. The molecule has 0 amide bonds. The maximum absolute atomic E-state index is 10.6. The number of allylic oxidation sites excluding steroid dienone is 1. The topological polar surface area (TPSA) is 132 Å². The second kappa shape index (κ2) is 6.34. The Kier molecular flexibility index (Phi) is 5.81. The van der Waals surface area contributed by atoms with Gasteiger partial charge in [-0.25, -0.2) is 9.59 Å². The van der Waals surface area contributed by atoms with E-state index in [0.717, 1.165) is 12.2 Å². The summed E-state index contributed by atoms with van der Waals surface area (Å²) < 4.78 is 10.6. The van der Waals surface area contributed by atoms with Gasteiger partial charge < -0.3 is 20.0 Å². The Morgan fingerprint density at radius 2 is 1.82 bits per heavy atom. The molecule has 0 aromatic carbocycles. The molecule has 0 rings (SSSR count). The molecular formula is C9H13O7P. The Morgan fingerprint density at radius 3 is 2.18 bits per heavy atom. The lowest BCUT2D eigenvalue weighted by Crippen LogP contribution is -2.12. The van der Waals surface area contributed by atoms with Crippen LogP contribution in [0.5, 0.6) is 0 Å². The fraction of sp³-hybridized carbons (Fsp3) is 0.333. The van der Waals surface area contributed by atoms with Crippen LogP contribution in [0.2, 0.25) is 0 Å². The molecule has 0 aromatic rings. The van der Waals surface area contributed by atoms with Crippen molar-refractivity contribution in [3.05, 3.63) is 24.3 Å². The van der Waals surface area contributed by atoms with Crippen LogP contribution in [-0.4, -0.2) is 38.1 Å². The lowest BCUT2D eigenvalue weighted by Gasteiger charge is -2.12. The summed E-state index contributed by atoms with van der Waals surface area (Å²) in [5, 5.41) is 17.1. The summed E-state index contributed by atoms with van der Waals surface area (Å²) in [5.41, 5.74) is -0.309. The van der Waals surface area contributed by atoms with E-state index >= 15 is 0 Å². The minimum atomic E-state index is -4.25. The fourth-order valence-corrected chi connectivity index (χ4v) is 1.67. The molecule has 0 fully saturated rings. The van der Waals surface area contributed by atoms with Gasteiger partial charge in [0.2, 0.25) is 0 Å². The molecule has 1 atom stereocenters. The van der Waals surface area contributed by atoms with E-state index in [2.05, 4.69) is 6.58 Å². The lowest BCUT2D eigenvalue weighted by molar-refractivity contribution is -0.133. The molecule has 0 spiro atoms. The number of aliphatic carboxylic acids is 2. The molecular weight excluding hydrogens is 251 g/mol. The van der Waals surface area contributed by atoms with Gasteiger partial charge in [-0.05, 0) is 6.42 Å². The van der Waals surface area contributed by atoms with Gasteiger partial charge in [0.1, 0.15) is 0 Å². The smallest absolute Gasteiger partial charge is 0.331 e. The van der Waals surface area contributed by atoms with Gasteiger partial charge in [0, 0.05) is 17.6 Å². The predicted molar refractivity (Wildman–Crippen MR) is 58.6 cm³/mol. The van der Waals surface area contributed by atoms with E-state index in [4.69, 9.17) is 20.0 Å². The fourth-order valence-electron chi connectivity index (χ4n) is 1.05. The normalized spacial score (nSPS) is 13.5. The van der Waals surface area contributed by atoms with Gasteiger partial charge in [-0.15, -0.1) is 0 Å². The van der Waals surface area contributed by atoms with E-state index in [-0.39, 0.29) is 12.0 Å². The van der Waals surface area contributed by atoms with Crippen LogP contribution in [0.1, 0.15) is 6.42 Å². The first-order chi connectivity index (χ1) is 7.63. The van der Waals surface area contributed by atoms with Crippen LogP contribution in [-0.2, 0) is 14.2 Å². The van der Waals surface area contributed by atoms with Crippen molar-refractivity contribution in [1.29, 1.82) is 0 Å². The van der Waals surface area contributed by atoms with E-state index in [0.29, 0.717) is 0 Å². The first kappa shape index (κ1) is 15.6. The van der Waals surface area contributed by atoms with Gasteiger partial charge in [0.25, 0.3) is 0 Å². The van der Waals surface area contributed by atoms with E-state index in [1.165, 1.54) is 0 Å². The molecule has 0 aliphatic heterocycles. The summed E-state index contributed by atoms with van der Waals surface area (Å²) in [4.78, 5) is 38.2. The van der Waals surface area contributed by atoms with Crippen molar-refractivity contribution in [3.8, 4) is 0 Å². The van der Waals surface area contributed by atoms with Crippen molar-refractivity contribution in [2.75, 3.05) is 6.16 Å². The largest absolute Gasteiger partial charge is 0.478 e. The Balaban J connectivity index is 4.74. The van der Waals surface area contributed by atoms with Gasteiger partial charge in [0.05, 0.1) is 6.16 Å². The molecule has 0 radical (unpaired) electrons. The van der Waals surface area contributed by atoms with Gasteiger partial charge in [-0.1, -0.05) is 12.7 Å². The summed E-state index contributed by atoms with van der Waals surface area (Å²) in [5.74, 6) is -3.53. The zero-order valence-electron chi connectivity index (χ0n) is 8.81. The van der Waals surface area contributed by atoms with Gasteiger partial charge in [-0.2, -0.15) is 0 Å². The summed E-state index contributed by atoms with van der Waals surface area (Å²) >= 11 is 0. The third kappa shape index (κ3) is 7.46. The number of carbonyl (C=O) groups is 2. The summed E-state index contributed by atoms with van der Waals surface area (Å²) in [6.07, 6.45) is 1.06. The summed E-state index contributed by atoms with van der Waals surface area (Å²) in [7, 11) is -4.25. The second-order valence-corrected chi connectivity index (χ2v) is 5.09.